The number of allylic oxidation sites excluding steroid dienone is 12. The van der Waals surface area contributed by atoms with Crippen molar-refractivity contribution in [3.63, 3.8) is 0 Å². The lowest BCUT2D eigenvalue weighted by Gasteiger charge is -2.20. The number of ether oxygens (including phenoxy) is 2. The van der Waals surface area contributed by atoms with Crippen LogP contribution in [0.2, 0.25) is 0 Å². The van der Waals surface area contributed by atoms with Gasteiger partial charge in [-0.15, -0.1) is 0 Å². The van der Waals surface area contributed by atoms with Gasteiger partial charge in [0, 0.05) is 13.0 Å². The summed E-state index contributed by atoms with van der Waals surface area (Å²) in [5.74, 6) is -0.412. The van der Waals surface area contributed by atoms with Crippen molar-refractivity contribution < 1.29 is 43.0 Å². The summed E-state index contributed by atoms with van der Waals surface area (Å²) in [6.07, 6.45) is 45.8. The second-order valence-electron chi connectivity index (χ2n) is 13.3. The van der Waals surface area contributed by atoms with Crippen molar-refractivity contribution in [2.75, 3.05) is 33.0 Å². The third kappa shape index (κ3) is 39.4. The number of hydrogen-bond donors (Lipinski definition) is 3. The topological polar surface area (TPSA) is 132 Å². The standard InChI is InChI=1S/C43H75O9P/c1-3-5-7-9-11-13-15-17-19-20-21-22-23-25-27-29-31-33-35-43(46)52-42(40-51-53(47,48)50-38-41(45)37-44)39-49-36-34-32-30-28-26-24-18-16-14-12-10-8-6-4-2/h6,8,12-15,18-20,24,28,30,41-42,44-45H,3-5,7,9-11,16-17,21-23,25-27,29,31-40H2,1-2H3,(H,47,48)/b8-6-,14-12-,15-13-,20-19-,24-18-,30-28-. The number of hydrogen-bond acceptors (Lipinski definition) is 8. The zero-order chi connectivity index (χ0) is 38.9. The van der Waals surface area contributed by atoms with Crippen molar-refractivity contribution in [3.8, 4) is 0 Å². The molecular formula is C43H75O9P. The number of phosphoric ester groups is 1. The van der Waals surface area contributed by atoms with E-state index in [0.717, 1.165) is 70.6 Å². The first-order chi connectivity index (χ1) is 25.8. The Hall–Kier alpha value is -2.10. The molecule has 0 saturated heterocycles. The Balaban J connectivity index is 4.30. The smallest absolute Gasteiger partial charge is 0.457 e. The van der Waals surface area contributed by atoms with Gasteiger partial charge in [-0.3, -0.25) is 13.8 Å². The molecule has 3 N–H and O–H groups in total. The lowest BCUT2D eigenvalue weighted by atomic mass is 10.1. The minimum absolute atomic E-state index is 0.00419. The third-order valence-electron chi connectivity index (χ3n) is 8.13. The molecule has 0 aromatic rings. The summed E-state index contributed by atoms with van der Waals surface area (Å²) >= 11 is 0. The van der Waals surface area contributed by atoms with Gasteiger partial charge in [-0.1, -0.05) is 138 Å². The SMILES string of the molecule is CC/C=C\C/C=C\C/C=C\C/C=C\CCCOCC(COP(=O)(O)OCC(O)CO)OC(=O)CCCCCCCCC/C=C\C/C=C\CCCCCC. The highest BCUT2D eigenvalue weighted by Gasteiger charge is 2.26. The highest BCUT2D eigenvalue weighted by molar-refractivity contribution is 7.47. The van der Waals surface area contributed by atoms with Gasteiger partial charge < -0.3 is 24.6 Å². The van der Waals surface area contributed by atoms with E-state index in [4.69, 9.17) is 23.6 Å². The Morgan fingerprint density at radius 1 is 0.604 bits per heavy atom. The van der Waals surface area contributed by atoms with Crippen LogP contribution < -0.4 is 0 Å². The minimum Gasteiger partial charge on any atom is -0.457 e. The summed E-state index contributed by atoms with van der Waals surface area (Å²) in [6, 6.07) is 0. The maximum Gasteiger partial charge on any atom is 0.472 e. The van der Waals surface area contributed by atoms with E-state index < -0.39 is 45.8 Å². The van der Waals surface area contributed by atoms with Crippen molar-refractivity contribution in [2.45, 2.75) is 161 Å². The Bertz CT molecular complexity index is 1050. The van der Waals surface area contributed by atoms with Crippen LogP contribution in [0.15, 0.2) is 72.9 Å². The summed E-state index contributed by atoms with van der Waals surface area (Å²) in [6.45, 7) is 3.20. The first-order valence-electron chi connectivity index (χ1n) is 20.4. The summed E-state index contributed by atoms with van der Waals surface area (Å²) in [4.78, 5) is 22.5. The molecule has 3 atom stereocenters. The van der Waals surface area contributed by atoms with Crippen LogP contribution in [-0.2, 0) is 27.9 Å². The lowest BCUT2D eigenvalue weighted by Crippen LogP contribution is -2.29. The first kappa shape index (κ1) is 50.9. The van der Waals surface area contributed by atoms with Gasteiger partial charge in [0.15, 0.2) is 0 Å². The molecule has 0 fully saturated rings. The van der Waals surface area contributed by atoms with Gasteiger partial charge in [0.1, 0.15) is 12.2 Å². The first-order valence-corrected chi connectivity index (χ1v) is 21.9. The molecule has 0 amide bonds. The van der Waals surface area contributed by atoms with E-state index in [-0.39, 0.29) is 13.0 Å². The molecule has 0 saturated carbocycles. The van der Waals surface area contributed by atoms with Crippen LogP contribution >= 0.6 is 7.82 Å². The Morgan fingerprint density at radius 2 is 1.08 bits per heavy atom. The maximum atomic E-state index is 12.6. The van der Waals surface area contributed by atoms with Crippen molar-refractivity contribution in [1.82, 2.24) is 0 Å². The molecule has 0 radical (unpaired) electrons. The Labute approximate surface area is 322 Å². The molecule has 0 aromatic carbocycles. The monoisotopic (exact) mass is 767 g/mol. The Morgan fingerprint density at radius 3 is 1.62 bits per heavy atom. The number of aliphatic hydroxyl groups excluding tert-OH is 2. The largest absolute Gasteiger partial charge is 0.472 e. The fourth-order valence-electron chi connectivity index (χ4n) is 5.04. The number of esters is 1. The van der Waals surface area contributed by atoms with Gasteiger partial charge in [0.25, 0.3) is 0 Å². The molecule has 0 heterocycles. The van der Waals surface area contributed by atoms with Gasteiger partial charge in [0.05, 0.1) is 26.4 Å². The van der Waals surface area contributed by atoms with Gasteiger partial charge in [-0.25, -0.2) is 4.57 Å². The quantitative estimate of drug-likeness (QED) is 0.0243. The number of phosphoric acid groups is 1. The molecule has 0 bridgehead atoms. The van der Waals surface area contributed by atoms with Crippen LogP contribution in [0, 0.1) is 0 Å². The second-order valence-corrected chi connectivity index (χ2v) is 14.7. The average Bonchev–Trinajstić information content (AvgIpc) is 3.15. The highest BCUT2D eigenvalue weighted by Crippen LogP contribution is 2.43. The van der Waals surface area contributed by atoms with Crippen LogP contribution in [0.5, 0.6) is 0 Å². The fourth-order valence-corrected chi connectivity index (χ4v) is 5.82. The fraction of sp³-hybridized carbons (Fsp3) is 0.698. The van der Waals surface area contributed by atoms with E-state index in [2.05, 4.69) is 86.8 Å². The van der Waals surface area contributed by atoms with Crippen molar-refractivity contribution in [1.29, 1.82) is 0 Å². The van der Waals surface area contributed by atoms with Crippen LogP contribution in [0.25, 0.3) is 0 Å². The number of carbonyl (C=O) groups is 1. The zero-order valence-corrected chi connectivity index (χ0v) is 34.1. The molecule has 306 valence electrons. The maximum absolute atomic E-state index is 12.6. The molecule has 0 rings (SSSR count). The predicted molar refractivity (Wildman–Crippen MR) is 219 cm³/mol. The highest BCUT2D eigenvalue weighted by atomic mass is 31.2. The van der Waals surface area contributed by atoms with Crippen LogP contribution in [0.4, 0.5) is 0 Å². The minimum atomic E-state index is -4.54. The molecule has 0 spiro atoms. The van der Waals surface area contributed by atoms with Gasteiger partial charge in [-0.05, 0) is 77.0 Å². The summed E-state index contributed by atoms with van der Waals surface area (Å²) in [5.41, 5.74) is 0. The van der Waals surface area contributed by atoms with E-state index in [1.165, 1.54) is 51.4 Å². The lowest BCUT2D eigenvalue weighted by molar-refractivity contribution is -0.154. The molecule has 0 aliphatic carbocycles. The molecular weight excluding hydrogens is 691 g/mol. The van der Waals surface area contributed by atoms with E-state index in [1.807, 2.05) is 0 Å². The molecule has 0 aliphatic heterocycles. The molecule has 3 unspecified atom stereocenters. The van der Waals surface area contributed by atoms with Gasteiger partial charge >= 0.3 is 13.8 Å². The van der Waals surface area contributed by atoms with Gasteiger partial charge in [0.2, 0.25) is 0 Å². The third-order valence-corrected chi connectivity index (χ3v) is 9.08. The zero-order valence-electron chi connectivity index (χ0n) is 33.2. The van der Waals surface area contributed by atoms with E-state index in [9.17, 15) is 19.4 Å². The number of rotatable bonds is 38. The van der Waals surface area contributed by atoms with E-state index in [1.54, 1.807) is 0 Å². The number of unbranched alkanes of at least 4 members (excludes halogenated alkanes) is 12. The molecule has 0 aliphatic rings. The van der Waals surface area contributed by atoms with Crippen LogP contribution in [0.3, 0.4) is 0 Å². The van der Waals surface area contributed by atoms with E-state index >= 15 is 0 Å². The van der Waals surface area contributed by atoms with Crippen molar-refractivity contribution >= 4 is 13.8 Å². The normalized spacial score (nSPS) is 14.9. The van der Waals surface area contributed by atoms with Crippen LogP contribution in [-0.4, -0.2) is 66.3 Å². The van der Waals surface area contributed by atoms with Crippen molar-refractivity contribution in [2.24, 2.45) is 0 Å². The van der Waals surface area contributed by atoms with Crippen LogP contribution in [0.1, 0.15) is 149 Å². The predicted octanol–water partition coefficient (Wildman–Crippen LogP) is 11.0. The molecule has 53 heavy (non-hydrogen) atoms. The molecule has 9 nitrogen and oxygen atoms in total. The average molecular weight is 767 g/mol. The summed E-state index contributed by atoms with van der Waals surface area (Å²) in [5, 5.41) is 18.3. The number of carbonyl (C=O) groups excluding carboxylic acids is 1. The van der Waals surface area contributed by atoms with E-state index in [0.29, 0.717) is 13.0 Å². The second kappa shape index (κ2) is 39.6. The Kier molecular flexibility index (Phi) is 38.0. The summed E-state index contributed by atoms with van der Waals surface area (Å²) in [7, 11) is -4.54. The molecule has 0 aromatic heterocycles. The number of aliphatic hydroxyl groups is 2. The van der Waals surface area contributed by atoms with Gasteiger partial charge in [-0.2, -0.15) is 0 Å². The summed E-state index contributed by atoms with van der Waals surface area (Å²) < 4.78 is 33.2. The molecule has 10 heteroatoms. The van der Waals surface area contributed by atoms with Crippen molar-refractivity contribution in [3.05, 3.63) is 72.9 Å².